The van der Waals surface area contributed by atoms with Crippen LogP contribution < -0.4 is 4.74 Å². The number of hydrogen-bond donors (Lipinski definition) is 0. The molecule has 1 aromatic carbocycles. The van der Waals surface area contributed by atoms with E-state index >= 15 is 0 Å². The fourth-order valence-electron chi connectivity index (χ4n) is 3.01. The fraction of sp³-hybridized carbons (Fsp3) is 0.720. The lowest BCUT2D eigenvalue weighted by atomic mass is 10.0. The van der Waals surface area contributed by atoms with Crippen LogP contribution in [0.2, 0.25) is 0 Å². The molecule has 0 atom stereocenters. The van der Waals surface area contributed by atoms with Gasteiger partial charge in [-0.05, 0) is 37.5 Å². The van der Waals surface area contributed by atoms with Gasteiger partial charge in [0.25, 0.3) is 0 Å². The van der Waals surface area contributed by atoms with Crippen LogP contribution >= 0.6 is 0 Å². The third-order valence-corrected chi connectivity index (χ3v) is 4.74. The van der Waals surface area contributed by atoms with Gasteiger partial charge in [0.05, 0.1) is 52.7 Å². The summed E-state index contributed by atoms with van der Waals surface area (Å²) in [6, 6.07) is 8.39. The molecule has 0 saturated heterocycles. The Kier molecular flexibility index (Phi) is 17.9. The van der Waals surface area contributed by atoms with Gasteiger partial charge in [0.1, 0.15) is 12.4 Å². The number of aryl methyl sites for hydroxylation is 1. The van der Waals surface area contributed by atoms with E-state index in [1.807, 2.05) is 12.1 Å². The van der Waals surface area contributed by atoms with Crippen molar-refractivity contribution in [1.29, 1.82) is 0 Å². The van der Waals surface area contributed by atoms with E-state index in [-0.39, 0.29) is 12.4 Å². The number of hydrogen-bond acceptors (Lipinski definition) is 6. The van der Waals surface area contributed by atoms with E-state index in [0.29, 0.717) is 52.9 Å². The molecule has 0 radical (unpaired) electrons. The second kappa shape index (κ2) is 20.3. The Morgan fingerprint density at radius 3 is 1.94 bits per heavy atom. The standard InChI is InChI=1S/C25H42O6/c1-3-5-6-7-8-9-10-23-11-13-24(14-12-23)31-22-21-29-20-19-28-18-17-27-16-15-25(26)30-4-2/h11-14H,3-10,15-22H2,1-2H3. The molecule has 0 bridgehead atoms. The monoisotopic (exact) mass is 438 g/mol. The lowest BCUT2D eigenvalue weighted by Crippen LogP contribution is -2.14. The van der Waals surface area contributed by atoms with E-state index in [1.165, 1.54) is 44.1 Å². The van der Waals surface area contributed by atoms with Crippen molar-refractivity contribution in [2.45, 2.75) is 65.2 Å². The van der Waals surface area contributed by atoms with Crippen molar-refractivity contribution in [2.75, 3.05) is 52.9 Å². The largest absolute Gasteiger partial charge is 0.491 e. The molecular formula is C25H42O6. The zero-order valence-corrected chi connectivity index (χ0v) is 19.6. The molecule has 31 heavy (non-hydrogen) atoms. The van der Waals surface area contributed by atoms with Gasteiger partial charge in [-0.3, -0.25) is 4.79 Å². The van der Waals surface area contributed by atoms with Crippen LogP contribution in [0.1, 0.15) is 64.4 Å². The lowest BCUT2D eigenvalue weighted by Gasteiger charge is -2.09. The van der Waals surface area contributed by atoms with Crippen LogP contribution in [0.25, 0.3) is 0 Å². The van der Waals surface area contributed by atoms with Crippen molar-refractivity contribution < 1.29 is 28.5 Å². The Hall–Kier alpha value is -1.63. The molecule has 178 valence electrons. The zero-order chi connectivity index (χ0) is 22.4. The third kappa shape index (κ3) is 16.7. The maximum atomic E-state index is 11.1. The van der Waals surface area contributed by atoms with Crippen molar-refractivity contribution in [3.8, 4) is 5.75 Å². The highest BCUT2D eigenvalue weighted by Gasteiger charge is 2.01. The van der Waals surface area contributed by atoms with Crippen molar-refractivity contribution in [2.24, 2.45) is 0 Å². The predicted octanol–water partition coefficient (Wildman–Crippen LogP) is 4.97. The minimum Gasteiger partial charge on any atom is -0.491 e. The van der Waals surface area contributed by atoms with E-state index in [0.717, 1.165) is 12.2 Å². The summed E-state index contributed by atoms with van der Waals surface area (Å²) in [5.74, 6) is 0.648. The molecule has 6 heteroatoms. The Morgan fingerprint density at radius 1 is 0.710 bits per heavy atom. The number of benzene rings is 1. The fourth-order valence-corrected chi connectivity index (χ4v) is 3.01. The third-order valence-electron chi connectivity index (χ3n) is 4.74. The Bertz CT molecular complexity index is 531. The first-order valence-corrected chi connectivity index (χ1v) is 11.9. The van der Waals surface area contributed by atoms with E-state index in [1.54, 1.807) is 6.92 Å². The number of esters is 1. The van der Waals surface area contributed by atoms with E-state index in [4.69, 9.17) is 23.7 Å². The molecule has 0 amide bonds. The topological polar surface area (TPSA) is 63.2 Å². The molecule has 0 spiro atoms. The normalized spacial score (nSPS) is 10.9. The molecule has 1 aromatic rings. The van der Waals surface area contributed by atoms with Crippen LogP contribution in [-0.2, 0) is 30.2 Å². The predicted molar refractivity (Wildman–Crippen MR) is 123 cm³/mol. The number of rotatable bonds is 21. The molecule has 0 aliphatic rings. The molecule has 0 heterocycles. The highest BCUT2D eigenvalue weighted by atomic mass is 16.6. The maximum absolute atomic E-state index is 11.1. The second-order valence-electron chi connectivity index (χ2n) is 7.40. The summed E-state index contributed by atoms with van der Waals surface area (Å²) in [6.45, 7) is 7.81. The Labute approximate surface area is 188 Å². The van der Waals surface area contributed by atoms with Crippen LogP contribution in [0, 0.1) is 0 Å². The van der Waals surface area contributed by atoms with Gasteiger partial charge in [0.15, 0.2) is 0 Å². The van der Waals surface area contributed by atoms with Crippen LogP contribution in [0.5, 0.6) is 5.75 Å². The SMILES string of the molecule is CCCCCCCCc1ccc(OCCOCCOCCOCCC(=O)OCC)cc1. The molecule has 0 saturated carbocycles. The number of ether oxygens (including phenoxy) is 5. The molecule has 0 aliphatic carbocycles. The van der Waals surface area contributed by atoms with Crippen molar-refractivity contribution >= 4 is 5.97 Å². The molecule has 0 unspecified atom stereocenters. The molecule has 0 aliphatic heterocycles. The molecule has 0 fully saturated rings. The van der Waals surface area contributed by atoms with Crippen molar-refractivity contribution in [3.05, 3.63) is 29.8 Å². The Balaban J connectivity index is 1.89. The first-order valence-electron chi connectivity index (χ1n) is 11.9. The minimum absolute atomic E-state index is 0.233. The summed E-state index contributed by atoms with van der Waals surface area (Å²) in [5, 5.41) is 0. The average Bonchev–Trinajstić information content (AvgIpc) is 2.78. The van der Waals surface area contributed by atoms with E-state index in [9.17, 15) is 4.79 Å². The smallest absolute Gasteiger partial charge is 0.308 e. The van der Waals surface area contributed by atoms with E-state index in [2.05, 4.69) is 19.1 Å². The van der Waals surface area contributed by atoms with Gasteiger partial charge in [-0.2, -0.15) is 0 Å². The second-order valence-corrected chi connectivity index (χ2v) is 7.40. The van der Waals surface area contributed by atoms with Crippen molar-refractivity contribution in [3.63, 3.8) is 0 Å². The zero-order valence-electron chi connectivity index (χ0n) is 19.6. The van der Waals surface area contributed by atoms with Crippen LogP contribution in [-0.4, -0.2) is 58.8 Å². The lowest BCUT2D eigenvalue weighted by molar-refractivity contribution is -0.144. The summed E-state index contributed by atoms with van der Waals surface area (Å²) in [5.41, 5.74) is 1.38. The number of unbranched alkanes of at least 4 members (excludes halogenated alkanes) is 5. The summed E-state index contributed by atoms with van der Waals surface area (Å²) < 4.78 is 26.8. The van der Waals surface area contributed by atoms with Gasteiger partial charge in [0.2, 0.25) is 0 Å². The molecule has 1 rings (SSSR count). The van der Waals surface area contributed by atoms with Gasteiger partial charge in [-0.15, -0.1) is 0 Å². The summed E-state index contributed by atoms with van der Waals surface area (Å²) in [7, 11) is 0. The van der Waals surface area contributed by atoms with E-state index < -0.39 is 0 Å². The highest BCUT2D eigenvalue weighted by Crippen LogP contribution is 2.15. The average molecular weight is 439 g/mol. The molecule has 6 nitrogen and oxygen atoms in total. The quantitative estimate of drug-likeness (QED) is 0.199. The van der Waals surface area contributed by atoms with Gasteiger partial charge < -0.3 is 23.7 Å². The van der Waals surface area contributed by atoms with Crippen LogP contribution in [0.4, 0.5) is 0 Å². The van der Waals surface area contributed by atoms with Gasteiger partial charge >= 0.3 is 5.97 Å². The highest BCUT2D eigenvalue weighted by molar-refractivity contribution is 5.69. The maximum Gasteiger partial charge on any atom is 0.308 e. The minimum atomic E-state index is -0.233. The van der Waals surface area contributed by atoms with Crippen LogP contribution in [0.15, 0.2) is 24.3 Å². The molecule has 0 aromatic heterocycles. The molecular weight excluding hydrogens is 396 g/mol. The summed E-state index contributed by atoms with van der Waals surface area (Å²) >= 11 is 0. The van der Waals surface area contributed by atoms with Crippen LogP contribution in [0.3, 0.4) is 0 Å². The number of carbonyl (C=O) groups excluding carboxylic acids is 1. The first-order chi connectivity index (χ1) is 15.3. The Morgan fingerprint density at radius 2 is 1.29 bits per heavy atom. The van der Waals surface area contributed by atoms with Gasteiger partial charge in [0, 0.05) is 0 Å². The van der Waals surface area contributed by atoms with Gasteiger partial charge in [-0.1, -0.05) is 51.2 Å². The first kappa shape index (κ1) is 27.4. The number of carbonyl (C=O) groups is 1. The van der Waals surface area contributed by atoms with Gasteiger partial charge in [-0.25, -0.2) is 0 Å². The summed E-state index contributed by atoms with van der Waals surface area (Å²) in [6.07, 6.45) is 9.38. The van der Waals surface area contributed by atoms with Crippen molar-refractivity contribution in [1.82, 2.24) is 0 Å². The molecule has 0 N–H and O–H groups in total. The summed E-state index contributed by atoms with van der Waals surface area (Å²) in [4.78, 5) is 11.1.